The first kappa shape index (κ1) is 22.3. The van der Waals surface area contributed by atoms with E-state index in [2.05, 4.69) is 15.5 Å². The summed E-state index contributed by atoms with van der Waals surface area (Å²) in [6.07, 6.45) is -1.09. The molecule has 0 aliphatic rings. The van der Waals surface area contributed by atoms with E-state index in [9.17, 15) is 18.0 Å². The Labute approximate surface area is 187 Å². The highest BCUT2D eigenvalue weighted by molar-refractivity contribution is 5.85. The van der Waals surface area contributed by atoms with Gasteiger partial charge < -0.3 is 14.6 Å². The van der Waals surface area contributed by atoms with Crippen LogP contribution in [0.25, 0.3) is 22.1 Å². The Bertz CT molecular complexity index is 1250. The van der Waals surface area contributed by atoms with Crippen molar-refractivity contribution in [1.29, 1.82) is 0 Å². The first-order chi connectivity index (χ1) is 15.8. The van der Waals surface area contributed by atoms with E-state index in [0.29, 0.717) is 12.2 Å². The number of carbonyl (C=O) groups excluding carboxylic acids is 1. The summed E-state index contributed by atoms with van der Waals surface area (Å²) in [7, 11) is 0. The minimum atomic E-state index is -4.36. The first-order valence-corrected chi connectivity index (χ1v) is 10.2. The predicted molar refractivity (Wildman–Crippen MR) is 116 cm³/mol. The topological polar surface area (TPSA) is 77.2 Å². The number of benzene rings is 2. The second-order valence-corrected chi connectivity index (χ2v) is 7.74. The molecule has 6 nitrogen and oxygen atoms in total. The molecule has 0 radical (unpaired) electrons. The Morgan fingerprint density at radius 3 is 2.64 bits per heavy atom. The average molecular weight is 455 g/mol. The molecule has 4 aromatic rings. The molecule has 1 atom stereocenters. The van der Waals surface area contributed by atoms with E-state index >= 15 is 0 Å². The number of rotatable bonds is 6. The number of hydrogen-bond donors (Lipinski definition) is 1. The second kappa shape index (κ2) is 9.32. The minimum absolute atomic E-state index is 0.0192. The Morgan fingerprint density at radius 2 is 1.88 bits per heavy atom. The molecular formula is C24H20F3N3O3. The van der Waals surface area contributed by atoms with Crippen LogP contribution in [0.1, 0.15) is 18.1 Å². The van der Waals surface area contributed by atoms with E-state index < -0.39 is 17.8 Å². The third-order valence-corrected chi connectivity index (χ3v) is 5.07. The molecule has 9 heteroatoms. The van der Waals surface area contributed by atoms with Gasteiger partial charge in [0.1, 0.15) is 0 Å². The van der Waals surface area contributed by atoms with Crippen LogP contribution < -0.4 is 10.1 Å². The maximum atomic E-state index is 12.7. The fourth-order valence-electron chi connectivity index (χ4n) is 3.37. The Hall–Kier alpha value is -3.88. The van der Waals surface area contributed by atoms with Gasteiger partial charge in [-0.1, -0.05) is 31.2 Å². The third-order valence-electron chi connectivity index (χ3n) is 5.07. The monoisotopic (exact) mass is 455 g/mol. The number of hydrogen-bond acceptors (Lipinski definition) is 5. The molecule has 2 heterocycles. The first-order valence-electron chi connectivity index (χ1n) is 10.2. The van der Waals surface area contributed by atoms with Gasteiger partial charge >= 0.3 is 12.3 Å². The maximum Gasteiger partial charge on any atom is 0.416 e. The van der Waals surface area contributed by atoms with Gasteiger partial charge in [-0.3, -0.25) is 4.98 Å². The predicted octanol–water partition coefficient (Wildman–Crippen LogP) is 5.88. The SMILES string of the molecule is C[C@H](CNC(=O)Oc1cc(-c2ccc3cnccc3c2)on1)Cc1ccc(C(F)(F)F)cc1. The highest BCUT2D eigenvalue weighted by Gasteiger charge is 2.29. The van der Waals surface area contributed by atoms with Crippen molar-refractivity contribution in [1.82, 2.24) is 15.5 Å². The smallest absolute Gasteiger partial charge is 0.388 e. The fourth-order valence-corrected chi connectivity index (χ4v) is 3.37. The van der Waals surface area contributed by atoms with Crippen molar-refractivity contribution in [3.8, 4) is 17.2 Å². The maximum absolute atomic E-state index is 12.7. The normalized spacial score (nSPS) is 12.5. The summed E-state index contributed by atoms with van der Waals surface area (Å²) in [5.41, 5.74) is 0.841. The molecule has 0 bridgehead atoms. The fraction of sp³-hybridized carbons (Fsp3) is 0.208. The molecule has 2 aromatic heterocycles. The minimum Gasteiger partial charge on any atom is -0.388 e. The molecular weight excluding hydrogens is 435 g/mol. The van der Waals surface area contributed by atoms with Gasteiger partial charge in [-0.2, -0.15) is 13.2 Å². The number of pyridine rings is 1. The summed E-state index contributed by atoms with van der Waals surface area (Å²) >= 11 is 0. The van der Waals surface area contributed by atoms with Crippen LogP contribution in [0, 0.1) is 5.92 Å². The van der Waals surface area contributed by atoms with Crippen molar-refractivity contribution < 1.29 is 27.2 Å². The van der Waals surface area contributed by atoms with Crippen molar-refractivity contribution in [2.24, 2.45) is 5.92 Å². The molecule has 0 unspecified atom stereocenters. The standard InChI is InChI=1S/C24H20F3N3O3/c1-15(10-16-2-6-20(7-3-16)24(25,26)27)13-29-23(31)32-22-12-21(33-30-22)18-4-5-19-14-28-9-8-17(19)11-18/h2-9,11-12,14-15H,10,13H2,1H3,(H,29,31)/t15-/m0/s1. The third kappa shape index (κ3) is 5.68. The van der Waals surface area contributed by atoms with E-state index in [1.54, 1.807) is 12.4 Å². The number of fused-ring (bicyclic) bond motifs is 1. The zero-order valence-electron chi connectivity index (χ0n) is 17.6. The van der Waals surface area contributed by atoms with Crippen LogP contribution in [0.3, 0.4) is 0 Å². The lowest BCUT2D eigenvalue weighted by Gasteiger charge is -2.13. The molecule has 0 spiro atoms. The van der Waals surface area contributed by atoms with Gasteiger partial charge in [0.25, 0.3) is 5.88 Å². The summed E-state index contributed by atoms with van der Waals surface area (Å²) in [6, 6.07) is 14.1. The molecule has 170 valence electrons. The van der Waals surface area contributed by atoms with Gasteiger partial charge in [0.2, 0.25) is 0 Å². The highest BCUT2D eigenvalue weighted by Crippen LogP contribution is 2.29. The molecule has 2 aromatic carbocycles. The van der Waals surface area contributed by atoms with Gasteiger partial charge in [0.15, 0.2) is 5.76 Å². The molecule has 1 amide bonds. The van der Waals surface area contributed by atoms with E-state index in [0.717, 1.165) is 34.0 Å². The van der Waals surface area contributed by atoms with Crippen molar-refractivity contribution in [2.75, 3.05) is 6.54 Å². The molecule has 0 saturated carbocycles. The van der Waals surface area contributed by atoms with Gasteiger partial charge in [-0.15, -0.1) is 0 Å². The highest BCUT2D eigenvalue weighted by atomic mass is 19.4. The van der Waals surface area contributed by atoms with E-state index in [-0.39, 0.29) is 18.3 Å². The van der Waals surface area contributed by atoms with Crippen LogP contribution in [0.5, 0.6) is 5.88 Å². The number of aromatic nitrogens is 2. The van der Waals surface area contributed by atoms with Crippen LogP contribution >= 0.6 is 0 Å². The zero-order chi connectivity index (χ0) is 23.4. The van der Waals surface area contributed by atoms with Crippen LogP contribution in [-0.2, 0) is 12.6 Å². The molecule has 33 heavy (non-hydrogen) atoms. The molecule has 0 saturated heterocycles. The molecule has 1 N–H and O–H groups in total. The van der Waals surface area contributed by atoms with Crippen molar-refractivity contribution in [3.63, 3.8) is 0 Å². The van der Waals surface area contributed by atoms with Gasteiger partial charge in [0, 0.05) is 29.9 Å². The van der Waals surface area contributed by atoms with Crippen LogP contribution in [0.4, 0.5) is 18.0 Å². The lowest BCUT2D eigenvalue weighted by molar-refractivity contribution is -0.137. The Balaban J connectivity index is 1.29. The average Bonchev–Trinajstić information content (AvgIpc) is 3.25. The Morgan fingerprint density at radius 1 is 1.09 bits per heavy atom. The molecule has 4 rings (SSSR count). The summed E-state index contributed by atoms with van der Waals surface area (Å²) in [6.45, 7) is 2.16. The lowest BCUT2D eigenvalue weighted by atomic mass is 10.00. The summed E-state index contributed by atoms with van der Waals surface area (Å²) in [4.78, 5) is 16.2. The van der Waals surface area contributed by atoms with Crippen LogP contribution in [0.2, 0.25) is 0 Å². The van der Waals surface area contributed by atoms with Gasteiger partial charge in [-0.05, 0) is 52.7 Å². The van der Waals surface area contributed by atoms with E-state index in [1.807, 2.05) is 31.2 Å². The van der Waals surface area contributed by atoms with Gasteiger partial charge in [0.05, 0.1) is 11.6 Å². The number of alkyl halides is 3. The quantitative estimate of drug-likeness (QED) is 0.393. The number of halogens is 3. The second-order valence-electron chi connectivity index (χ2n) is 7.74. The van der Waals surface area contributed by atoms with Crippen molar-refractivity contribution in [2.45, 2.75) is 19.5 Å². The molecule has 0 aliphatic heterocycles. The number of nitrogens with one attached hydrogen (secondary N) is 1. The summed E-state index contributed by atoms with van der Waals surface area (Å²) in [5.74, 6) is 0.453. The van der Waals surface area contributed by atoms with Crippen LogP contribution in [-0.4, -0.2) is 22.8 Å². The van der Waals surface area contributed by atoms with E-state index in [4.69, 9.17) is 9.26 Å². The number of carbonyl (C=O) groups is 1. The van der Waals surface area contributed by atoms with Crippen LogP contribution in [0.15, 0.2) is 71.5 Å². The number of ether oxygens (including phenoxy) is 1. The van der Waals surface area contributed by atoms with Gasteiger partial charge in [-0.25, -0.2) is 4.79 Å². The summed E-state index contributed by atoms with van der Waals surface area (Å²) in [5, 5.41) is 8.38. The summed E-state index contributed by atoms with van der Waals surface area (Å²) < 4.78 is 48.4. The number of amides is 1. The van der Waals surface area contributed by atoms with E-state index in [1.165, 1.54) is 18.2 Å². The largest absolute Gasteiger partial charge is 0.416 e. The molecule has 0 aliphatic carbocycles. The lowest BCUT2D eigenvalue weighted by Crippen LogP contribution is -2.31. The molecule has 0 fully saturated rings. The Kier molecular flexibility index (Phi) is 6.30. The zero-order valence-corrected chi connectivity index (χ0v) is 17.6. The van der Waals surface area contributed by atoms with Crippen molar-refractivity contribution in [3.05, 3.63) is 78.1 Å². The number of nitrogens with zero attached hydrogens (tertiary/aromatic N) is 2. The van der Waals surface area contributed by atoms with Crippen molar-refractivity contribution >= 4 is 16.9 Å².